The van der Waals surface area contributed by atoms with E-state index in [0.29, 0.717) is 5.69 Å². The number of benzene rings is 2. The summed E-state index contributed by atoms with van der Waals surface area (Å²) >= 11 is 0. The summed E-state index contributed by atoms with van der Waals surface area (Å²) in [5, 5.41) is 3.39. The van der Waals surface area contributed by atoms with Crippen LogP contribution in [0.2, 0.25) is 0 Å². The van der Waals surface area contributed by atoms with Crippen molar-refractivity contribution in [2.45, 2.75) is 0 Å². The van der Waals surface area contributed by atoms with Crippen LogP contribution in [0.5, 0.6) is 0 Å². The molecule has 0 bridgehead atoms. The van der Waals surface area contributed by atoms with E-state index in [2.05, 4.69) is 15.5 Å². The molecule has 0 aliphatic rings. The van der Waals surface area contributed by atoms with E-state index in [4.69, 9.17) is 11.4 Å². The Morgan fingerprint density at radius 3 is 1.88 bits per heavy atom. The van der Waals surface area contributed by atoms with E-state index in [0.717, 1.165) is 5.69 Å². The monoisotopic (exact) mass is 227 g/mol. The van der Waals surface area contributed by atoms with Crippen molar-refractivity contribution >= 4 is 11.4 Å². The maximum atomic E-state index is 7.98. The largest absolute Gasteiger partial charge is 0.324 e. The van der Waals surface area contributed by atoms with Crippen molar-refractivity contribution in [1.82, 2.24) is 0 Å². The molecule has 86 valence electrons. The van der Waals surface area contributed by atoms with Gasteiger partial charge in [-0.15, -0.1) is 0 Å². The Kier molecular flexibility index (Phi) is 5.74. The van der Waals surface area contributed by atoms with Crippen molar-refractivity contribution in [2.75, 3.05) is 5.43 Å². The molecule has 2 rings (SSSR count). The van der Waals surface area contributed by atoms with Gasteiger partial charge in [-0.1, -0.05) is 53.6 Å². The molecule has 0 aliphatic heterocycles. The zero-order chi connectivity index (χ0) is 12.3. The van der Waals surface area contributed by atoms with Crippen LogP contribution in [-0.4, -0.2) is 0 Å². The second-order valence-electron chi connectivity index (χ2n) is 3.04. The van der Waals surface area contributed by atoms with Gasteiger partial charge in [0.05, 0.1) is 0 Å². The third kappa shape index (κ3) is 5.22. The molecule has 2 aromatic rings. The summed E-state index contributed by atoms with van der Waals surface area (Å²) in [6, 6.07) is 18.6. The zero-order valence-electron chi connectivity index (χ0n) is 9.19. The molecule has 0 unspecified atom stereocenters. The molecule has 0 amide bonds. The van der Waals surface area contributed by atoms with Crippen LogP contribution in [0.1, 0.15) is 0 Å². The van der Waals surface area contributed by atoms with E-state index in [1.165, 1.54) is 0 Å². The van der Waals surface area contributed by atoms with Crippen LogP contribution in [0.4, 0.5) is 11.4 Å². The molecule has 0 atom stereocenters. The Bertz CT molecular complexity index is 463. The van der Waals surface area contributed by atoms with E-state index in [1.54, 1.807) is 12.1 Å². The number of para-hydroxylation sites is 1. The van der Waals surface area contributed by atoms with Gasteiger partial charge in [0, 0.05) is 16.3 Å². The maximum absolute atomic E-state index is 7.98. The lowest BCUT2D eigenvalue weighted by atomic mass is 10.3. The van der Waals surface area contributed by atoms with Crippen molar-refractivity contribution in [1.29, 1.82) is 0 Å². The maximum Gasteiger partial charge on any atom is 0.0485 e. The first-order chi connectivity index (χ1) is 8.36. The molecule has 5 nitrogen and oxygen atoms in total. The summed E-state index contributed by atoms with van der Waals surface area (Å²) in [5.74, 6) is 5.10. The van der Waals surface area contributed by atoms with Crippen LogP contribution in [0.25, 0.3) is 10.4 Å². The number of rotatable bonds is 2. The van der Waals surface area contributed by atoms with E-state index in [9.17, 15) is 0 Å². The van der Waals surface area contributed by atoms with Gasteiger partial charge < -0.3 is 5.43 Å². The van der Waals surface area contributed by atoms with Gasteiger partial charge in [0.15, 0.2) is 0 Å². The van der Waals surface area contributed by atoms with Gasteiger partial charge in [0.1, 0.15) is 0 Å². The van der Waals surface area contributed by atoms with Gasteiger partial charge in [-0.3, -0.25) is 5.84 Å². The molecule has 0 radical (unpaired) electrons. The van der Waals surface area contributed by atoms with Gasteiger partial charge in [-0.2, -0.15) is 0 Å². The fraction of sp³-hybridized carbons (Fsp3) is 0. The van der Waals surface area contributed by atoms with Crippen LogP contribution >= 0.6 is 0 Å². The highest BCUT2D eigenvalue weighted by atomic mass is 15.2. The van der Waals surface area contributed by atoms with E-state index >= 15 is 0 Å². The topological polar surface area (TPSA) is 86.8 Å². The van der Waals surface area contributed by atoms with Gasteiger partial charge in [0.25, 0.3) is 0 Å². The molecule has 0 aliphatic carbocycles. The molecule has 3 N–H and O–H groups in total. The van der Waals surface area contributed by atoms with E-state index < -0.39 is 0 Å². The Morgan fingerprint density at radius 1 is 0.941 bits per heavy atom. The highest BCUT2D eigenvalue weighted by Crippen LogP contribution is 2.08. The average molecular weight is 227 g/mol. The summed E-state index contributed by atoms with van der Waals surface area (Å²) in [6.45, 7) is 0. The molecule has 5 heteroatoms. The van der Waals surface area contributed by atoms with E-state index in [1.807, 2.05) is 48.5 Å². The summed E-state index contributed by atoms with van der Waals surface area (Å²) in [5.41, 5.74) is 12.1. The van der Waals surface area contributed by atoms with E-state index in [-0.39, 0.29) is 0 Å². The standard InChI is InChI=1S/C6H5N3.C6H8N2/c7-9-8-6-4-2-1-3-5-6;7-8-6-4-2-1-3-5-6/h1-5H;1-5,8H,7H2. The minimum Gasteiger partial charge on any atom is -0.324 e. The van der Waals surface area contributed by atoms with Gasteiger partial charge >= 0.3 is 0 Å². The Balaban J connectivity index is 0.000000171. The van der Waals surface area contributed by atoms with Crippen LogP contribution in [0.3, 0.4) is 0 Å². The van der Waals surface area contributed by atoms with Crippen molar-refractivity contribution in [3.8, 4) is 0 Å². The number of nitrogen functional groups attached to an aromatic ring is 1. The summed E-state index contributed by atoms with van der Waals surface area (Å²) in [4.78, 5) is 2.63. The number of nitrogens with one attached hydrogen (secondary N) is 1. The van der Waals surface area contributed by atoms with Gasteiger partial charge in [0.2, 0.25) is 0 Å². The predicted molar refractivity (Wildman–Crippen MR) is 69.5 cm³/mol. The zero-order valence-corrected chi connectivity index (χ0v) is 9.19. The highest BCUT2D eigenvalue weighted by Gasteiger charge is 1.79. The summed E-state index contributed by atoms with van der Waals surface area (Å²) in [6.07, 6.45) is 0. The minimum atomic E-state index is 0.653. The average Bonchev–Trinajstić information content (AvgIpc) is 2.42. The molecule has 17 heavy (non-hydrogen) atoms. The summed E-state index contributed by atoms with van der Waals surface area (Å²) in [7, 11) is 0. The fourth-order valence-electron chi connectivity index (χ4n) is 1.08. The second kappa shape index (κ2) is 7.76. The summed E-state index contributed by atoms with van der Waals surface area (Å²) < 4.78 is 0. The smallest absolute Gasteiger partial charge is 0.0485 e. The predicted octanol–water partition coefficient (Wildman–Crippen LogP) is 3.60. The number of hydrogen-bond donors (Lipinski definition) is 2. The molecular formula is C12H13N5. The number of hydrogen-bond acceptors (Lipinski definition) is 3. The number of anilines is 1. The minimum absolute atomic E-state index is 0.653. The molecule has 0 heterocycles. The number of azide groups is 1. The Hall–Kier alpha value is -2.49. The Morgan fingerprint density at radius 2 is 1.47 bits per heavy atom. The number of nitrogens with zero attached hydrogens (tertiary/aromatic N) is 3. The van der Waals surface area contributed by atoms with Crippen molar-refractivity contribution < 1.29 is 0 Å². The Labute approximate surface area is 99.5 Å². The van der Waals surface area contributed by atoms with Crippen LogP contribution in [-0.2, 0) is 0 Å². The first-order valence-corrected chi connectivity index (χ1v) is 4.98. The van der Waals surface area contributed by atoms with Crippen molar-refractivity contribution in [3.63, 3.8) is 0 Å². The lowest BCUT2D eigenvalue weighted by molar-refractivity contribution is 1.35. The number of nitrogens with two attached hydrogens (primary N) is 1. The van der Waals surface area contributed by atoms with Crippen LogP contribution in [0, 0.1) is 0 Å². The normalized spacial score (nSPS) is 8.29. The molecule has 0 saturated heterocycles. The molecule has 2 aromatic carbocycles. The lowest BCUT2D eigenvalue weighted by Gasteiger charge is -1.94. The first-order valence-electron chi connectivity index (χ1n) is 4.98. The fourth-order valence-corrected chi connectivity index (χ4v) is 1.08. The highest BCUT2D eigenvalue weighted by molar-refractivity contribution is 5.40. The molecule has 0 aromatic heterocycles. The number of hydrazine groups is 1. The molecule has 0 fully saturated rings. The van der Waals surface area contributed by atoms with Crippen LogP contribution < -0.4 is 11.3 Å². The molecule has 0 spiro atoms. The van der Waals surface area contributed by atoms with Gasteiger partial charge in [-0.05, 0) is 17.7 Å². The lowest BCUT2D eigenvalue weighted by Crippen LogP contribution is -2.05. The van der Waals surface area contributed by atoms with Crippen molar-refractivity contribution in [3.05, 3.63) is 71.1 Å². The molecular weight excluding hydrogens is 214 g/mol. The van der Waals surface area contributed by atoms with Gasteiger partial charge in [-0.25, -0.2) is 0 Å². The van der Waals surface area contributed by atoms with Crippen LogP contribution in [0.15, 0.2) is 65.8 Å². The SMILES string of the molecule is NNc1ccccc1.[N-]=[N+]=Nc1ccccc1. The third-order valence-electron chi connectivity index (χ3n) is 1.86. The second-order valence-corrected chi connectivity index (χ2v) is 3.04. The molecule has 0 saturated carbocycles. The third-order valence-corrected chi connectivity index (χ3v) is 1.86. The van der Waals surface area contributed by atoms with Crippen molar-refractivity contribution in [2.24, 2.45) is 11.0 Å². The first kappa shape index (κ1) is 12.6. The quantitative estimate of drug-likeness (QED) is 0.270.